The number of hydrogen-bond acceptors (Lipinski definition) is 10. The van der Waals surface area contributed by atoms with Crippen LogP contribution in [0.2, 0.25) is 5.02 Å². The van der Waals surface area contributed by atoms with Gasteiger partial charge in [0.15, 0.2) is 0 Å². The van der Waals surface area contributed by atoms with Crippen LogP contribution < -0.4 is 16.2 Å². The molecular formula is C26H32ClN7O3S. The first-order valence-corrected chi connectivity index (χ1v) is 14.2. The van der Waals surface area contributed by atoms with Gasteiger partial charge in [-0.15, -0.1) is 0 Å². The zero-order valence-electron chi connectivity index (χ0n) is 21.4. The van der Waals surface area contributed by atoms with Crippen LogP contribution in [0, 0.1) is 5.41 Å². The lowest BCUT2D eigenvalue weighted by molar-refractivity contribution is 0.0228. The predicted octanol–water partition coefficient (Wildman–Crippen LogP) is 2.61. The van der Waals surface area contributed by atoms with Crippen molar-refractivity contribution in [3.05, 3.63) is 46.2 Å². The number of rotatable bonds is 5. The van der Waals surface area contributed by atoms with Crippen molar-refractivity contribution in [3.8, 4) is 0 Å². The highest BCUT2D eigenvalue weighted by Gasteiger charge is 2.47. The Bertz CT molecular complexity index is 1360. The fourth-order valence-corrected chi connectivity index (χ4v) is 6.74. The van der Waals surface area contributed by atoms with E-state index in [1.54, 1.807) is 23.3 Å². The SMILES string of the molecule is C[C@@H]1OCC2(CCN(c3cnc(Sc4ccc5ncn(CN6CCOCC6)c(=O)c5c4Cl)cn3)CC2)[C@@H]1N. The summed E-state index contributed by atoms with van der Waals surface area (Å²) in [6.45, 7) is 7.91. The van der Waals surface area contributed by atoms with Crippen LogP contribution in [0.3, 0.4) is 0 Å². The molecule has 202 valence electrons. The van der Waals surface area contributed by atoms with Crippen LogP contribution in [-0.4, -0.2) is 82.6 Å². The molecule has 3 aliphatic rings. The first-order chi connectivity index (χ1) is 18.4. The summed E-state index contributed by atoms with van der Waals surface area (Å²) in [5.41, 5.74) is 6.95. The van der Waals surface area contributed by atoms with Gasteiger partial charge in [0.2, 0.25) is 0 Å². The molecule has 0 aliphatic carbocycles. The summed E-state index contributed by atoms with van der Waals surface area (Å²) in [7, 11) is 0. The van der Waals surface area contributed by atoms with Crippen LogP contribution in [0.4, 0.5) is 5.82 Å². The second-order valence-electron chi connectivity index (χ2n) is 10.4. The minimum atomic E-state index is -0.153. The molecule has 0 amide bonds. The number of piperidine rings is 1. The van der Waals surface area contributed by atoms with Crippen molar-refractivity contribution >= 4 is 40.1 Å². The molecule has 12 heteroatoms. The first kappa shape index (κ1) is 26.0. The summed E-state index contributed by atoms with van der Waals surface area (Å²) in [5.74, 6) is 0.851. The molecular weight excluding hydrogens is 526 g/mol. The fourth-order valence-electron chi connectivity index (χ4n) is 5.62. The first-order valence-electron chi connectivity index (χ1n) is 13.0. The van der Waals surface area contributed by atoms with Crippen molar-refractivity contribution in [2.45, 2.75) is 48.5 Å². The van der Waals surface area contributed by atoms with E-state index in [1.807, 2.05) is 12.1 Å². The smallest absolute Gasteiger partial charge is 0.263 e. The zero-order valence-corrected chi connectivity index (χ0v) is 23.0. The third-order valence-electron chi connectivity index (χ3n) is 8.11. The normalized spacial score (nSPS) is 23.9. The Kier molecular flexibility index (Phi) is 7.32. The van der Waals surface area contributed by atoms with Crippen LogP contribution >= 0.6 is 23.4 Å². The third-order valence-corrected chi connectivity index (χ3v) is 9.60. The van der Waals surface area contributed by atoms with Crippen LogP contribution in [0.1, 0.15) is 19.8 Å². The highest BCUT2D eigenvalue weighted by molar-refractivity contribution is 7.99. The monoisotopic (exact) mass is 557 g/mol. The number of morpholine rings is 1. The van der Waals surface area contributed by atoms with Gasteiger partial charge in [-0.1, -0.05) is 23.4 Å². The second-order valence-corrected chi connectivity index (χ2v) is 11.8. The van der Waals surface area contributed by atoms with Gasteiger partial charge in [0.1, 0.15) is 10.8 Å². The summed E-state index contributed by atoms with van der Waals surface area (Å²) < 4.78 is 12.9. The van der Waals surface area contributed by atoms with Crippen LogP contribution in [0.5, 0.6) is 0 Å². The number of aromatic nitrogens is 4. The standard InChI is InChI=1S/C26H32ClN7O3S/c1-17-24(28)26(14-37-17)4-6-33(7-5-26)20-12-30-21(13-29-20)38-19-3-2-18-22(23(19)27)25(35)34(15-31-18)16-32-8-10-36-11-9-32/h2-3,12-13,15,17,24H,4-11,14,16,28H2,1H3/t17-,24+/m0/s1. The molecule has 0 radical (unpaired) electrons. The van der Waals surface area contributed by atoms with Crippen LogP contribution in [0.25, 0.3) is 10.9 Å². The van der Waals surface area contributed by atoms with Gasteiger partial charge in [-0.25, -0.2) is 15.0 Å². The van der Waals surface area contributed by atoms with Crippen LogP contribution in [0.15, 0.2) is 45.6 Å². The zero-order chi connectivity index (χ0) is 26.3. The number of fused-ring (bicyclic) bond motifs is 1. The lowest BCUT2D eigenvalue weighted by Gasteiger charge is -2.41. The van der Waals surface area contributed by atoms with E-state index in [0.29, 0.717) is 40.8 Å². The van der Waals surface area contributed by atoms with Gasteiger partial charge in [-0.2, -0.15) is 0 Å². The Balaban J connectivity index is 1.16. The van der Waals surface area contributed by atoms with Crippen molar-refractivity contribution in [1.29, 1.82) is 0 Å². The van der Waals surface area contributed by atoms with E-state index in [9.17, 15) is 4.79 Å². The second kappa shape index (κ2) is 10.7. The number of anilines is 1. The summed E-state index contributed by atoms with van der Waals surface area (Å²) >= 11 is 8.15. The third kappa shape index (κ3) is 4.91. The summed E-state index contributed by atoms with van der Waals surface area (Å²) in [5, 5.41) is 1.52. The van der Waals surface area contributed by atoms with Gasteiger partial charge in [0, 0.05) is 42.5 Å². The van der Waals surface area contributed by atoms with Crippen LogP contribution in [-0.2, 0) is 16.1 Å². The Morgan fingerprint density at radius 1 is 1.13 bits per heavy atom. The quantitative estimate of drug-likeness (QED) is 0.502. The highest BCUT2D eigenvalue weighted by Crippen LogP contribution is 2.42. The van der Waals surface area contributed by atoms with Gasteiger partial charge in [-0.3, -0.25) is 14.3 Å². The van der Waals surface area contributed by atoms with E-state index in [4.69, 9.17) is 26.8 Å². The molecule has 2 N–H and O–H groups in total. The van der Waals surface area contributed by atoms with E-state index in [1.165, 1.54) is 11.8 Å². The number of halogens is 1. The minimum Gasteiger partial charge on any atom is -0.379 e. The molecule has 3 fully saturated rings. The lowest BCUT2D eigenvalue weighted by atomic mass is 9.73. The highest BCUT2D eigenvalue weighted by atomic mass is 35.5. The average molecular weight is 558 g/mol. The maximum absolute atomic E-state index is 13.3. The largest absolute Gasteiger partial charge is 0.379 e. The van der Waals surface area contributed by atoms with Crippen molar-refractivity contribution < 1.29 is 9.47 Å². The predicted molar refractivity (Wildman–Crippen MR) is 147 cm³/mol. The van der Waals surface area contributed by atoms with Gasteiger partial charge >= 0.3 is 0 Å². The molecule has 3 saturated heterocycles. The number of nitrogens with zero attached hydrogens (tertiary/aromatic N) is 6. The molecule has 0 bridgehead atoms. The number of nitrogens with two attached hydrogens (primary N) is 1. The molecule has 1 aromatic carbocycles. The minimum absolute atomic E-state index is 0.0710. The summed E-state index contributed by atoms with van der Waals surface area (Å²) in [4.78, 5) is 32.3. The van der Waals surface area contributed by atoms with Gasteiger partial charge in [-0.05, 0) is 31.9 Å². The van der Waals surface area contributed by atoms with E-state index in [0.717, 1.165) is 56.3 Å². The Labute approximate surface area is 230 Å². The molecule has 5 heterocycles. The van der Waals surface area contributed by atoms with Crippen molar-refractivity contribution in [2.24, 2.45) is 11.1 Å². The lowest BCUT2D eigenvalue weighted by Crippen LogP contribution is -2.50. The number of benzene rings is 1. The molecule has 3 aromatic rings. The van der Waals surface area contributed by atoms with Crippen molar-refractivity contribution in [2.75, 3.05) is 50.9 Å². The molecule has 0 saturated carbocycles. The molecule has 1 spiro atoms. The summed E-state index contributed by atoms with van der Waals surface area (Å²) in [6, 6.07) is 3.79. The van der Waals surface area contributed by atoms with Gasteiger partial charge in [0.25, 0.3) is 5.56 Å². The maximum Gasteiger partial charge on any atom is 0.263 e. The van der Waals surface area contributed by atoms with Crippen molar-refractivity contribution in [3.63, 3.8) is 0 Å². The van der Waals surface area contributed by atoms with E-state index < -0.39 is 0 Å². The van der Waals surface area contributed by atoms with Crippen molar-refractivity contribution in [1.82, 2.24) is 24.4 Å². The molecule has 2 atom stereocenters. The number of ether oxygens (including phenoxy) is 2. The molecule has 6 rings (SSSR count). The molecule has 38 heavy (non-hydrogen) atoms. The Morgan fingerprint density at radius 3 is 2.61 bits per heavy atom. The van der Waals surface area contributed by atoms with E-state index in [2.05, 4.69) is 31.7 Å². The molecule has 3 aliphatic heterocycles. The van der Waals surface area contributed by atoms with Gasteiger partial charge < -0.3 is 20.1 Å². The van der Waals surface area contributed by atoms with E-state index >= 15 is 0 Å². The Morgan fingerprint density at radius 2 is 1.92 bits per heavy atom. The Hall–Kier alpha value is -2.28. The fraction of sp³-hybridized carbons (Fsp3) is 0.538. The number of hydrogen-bond donors (Lipinski definition) is 1. The van der Waals surface area contributed by atoms with Gasteiger partial charge in [0.05, 0.1) is 67.2 Å². The molecule has 10 nitrogen and oxygen atoms in total. The topological polar surface area (TPSA) is 112 Å². The maximum atomic E-state index is 13.3. The van der Waals surface area contributed by atoms with E-state index in [-0.39, 0.29) is 23.1 Å². The summed E-state index contributed by atoms with van der Waals surface area (Å²) in [6.07, 6.45) is 7.24. The molecule has 2 aromatic heterocycles. The molecule has 0 unspecified atom stereocenters. The average Bonchev–Trinajstić information content (AvgIpc) is 3.21.